The zero-order valence-electron chi connectivity index (χ0n) is 11.0. The van der Waals surface area contributed by atoms with Crippen LogP contribution in [-0.4, -0.2) is 24.9 Å². The Balaban J connectivity index is 1.99. The van der Waals surface area contributed by atoms with Gasteiger partial charge in [-0.3, -0.25) is 4.79 Å². The van der Waals surface area contributed by atoms with E-state index in [0.717, 1.165) is 16.3 Å². The molecule has 0 unspecified atom stereocenters. The van der Waals surface area contributed by atoms with Crippen LogP contribution >= 0.6 is 11.3 Å². The first-order chi connectivity index (χ1) is 9.08. The number of nitrogens with zero attached hydrogens (tertiary/aromatic N) is 1. The Morgan fingerprint density at radius 3 is 2.47 bits per heavy atom. The molecule has 3 N–H and O–H groups in total. The van der Waals surface area contributed by atoms with E-state index in [1.54, 1.807) is 30.3 Å². The van der Waals surface area contributed by atoms with E-state index in [2.05, 4.69) is 5.32 Å². The number of thiophene rings is 1. The third-order valence-corrected chi connectivity index (χ3v) is 3.71. The molecule has 0 bridgehead atoms. The molecule has 100 valence electrons. The van der Waals surface area contributed by atoms with Crippen molar-refractivity contribution in [2.45, 2.75) is 6.54 Å². The van der Waals surface area contributed by atoms with Crippen molar-refractivity contribution in [3.8, 4) is 0 Å². The van der Waals surface area contributed by atoms with E-state index in [0.29, 0.717) is 12.1 Å². The number of carbonyl (C=O) groups is 1. The fourth-order valence-corrected chi connectivity index (χ4v) is 2.40. The summed E-state index contributed by atoms with van der Waals surface area (Å²) in [6.07, 6.45) is 0. The molecule has 4 nitrogen and oxygen atoms in total. The number of nitrogen functional groups attached to an aromatic ring is 1. The molecule has 19 heavy (non-hydrogen) atoms. The van der Waals surface area contributed by atoms with Gasteiger partial charge < -0.3 is 16.0 Å². The second kappa shape index (κ2) is 5.75. The highest BCUT2D eigenvalue weighted by Gasteiger charge is 2.07. The number of rotatable bonds is 4. The molecule has 5 heteroatoms. The Morgan fingerprint density at radius 2 is 1.95 bits per heavy atom. The van der Waals surface area contributed by atoms with E-state index in [-0.39, 0.29) is 5.91 Å². The predicted octanol–water partition coefficient (Wildman–Crippen LogP) is 2.64. The van der Waals surface area contributed by atoms with Crippen LogP contribution in [0.25, 0.3) is 0 Å². The van der Waals surface area contributed by atoms with Gasteiger partial charge in [0, 0.05) is 35.9 Å². The van der Waals surface area contributed by atoms with E-state index in [1.807, 2.05) is 35.7 Å². The van der Waals surface area contributed by atoms with Crippen LogP contribution in [0, 0.1) is 0 Å². The first kappa shape index (κ1) is 13.4. The third-order valence-electron chi connectivity index (χ3n) is 2.77. The van der Waals surface area contributed by atoms with Crippen LogP contribution < -0.4 is 11.1 Å². The molecule has 1 amide bonds. The predicted molar refractivity (Wildman–Crippen MR) is 80.5 cm³/mol. The maximum atomic E-state index is 11.7. The molecule has 0 spiro atoms. The summed E-state index contributed by atoms with van der Waals surface area (Å²) >= 11 is 1.63. The Labute approximate surface area is 116 Å². The summed E-state index contributed by atoms with van der Waals surface area (Å²) in [6.45, 7) is 0.699. The second-order valence-corrected chi connectivity index (χ2v) is 5.43. The van der Waals surface area contributed by atoms with E-state index in [9.17, 15) is 4.79 Å². The highest BCUT2D eigenvalue weighted by atomic mass is 32.1. The van der Waals surface area contributed by atoms with Crippen LogP contribution in [0.3, 0.4) is 0 Å². The molecule has 0 radical (unpaired) electrons. The molecule has 0 aliphatic carbocycles. The molecule has 2 aromatic rings. The molecular formula is C14H17N3OS. The van der Waals surface area contributed by atoms with Gasteiger partial charge in [0.25, 0.3) is 5.91 Å². The largest absolute Gasteiger partial charge is 0.398 e. The van der Waals surface area contributed by atoms with Gasteiger partial charge in [0.2, 0.25) is 0 Å². The molecule has 2 rings (SSSR count). The Hall–Kier alpha value is -2.01. The maximum Gasteiger partial charge on any atom is 0.253 e. The van der Waals surface area contributed by atoms with Crippen molar-refractivity contribution in [2.24, 2.45) is 0 Å². The summed E-state index contributed by atoms with van der Waals surface area (Å²) in [5.74, 6) is 0.00838. The van der Waals surface area contributed by atoms with Crippen molar-refractivity contribution in [3.05, 3.63) is 46.2 Å². The Kier molecular flexibility index (Phi) is 4.06. The molecule has 1 aromatic carbocycles. The zero-order valence-corrected chi connectivity index (χ0v) is 11.8. The fourth-order valence-electron chi connectivity index (χ4n) is 1.67. The molecular weight excluding hydrogens is 258 g/mol. The lowest BCUT2D eigenvalue weighted by Gasteiger charge is -2.11. The average Bonchev–Trinajstić information content (AvgIpc) is 2.81. The van der Waals surface area contributed by atoms with Crippen molar-refractivity contribution in [2.75, 3.05) is 25.1 Å². The molecule has 0 aliphatic heterocycles. The molecule has 0 fully saturated rings. The van der Waals surface area contributed by atoms with Gasteiger partial charge in [0.15, 0.2) is 0 Å². The summed E-state index contributed by atoms with van der Waals surface area (Å²) < 4.78 is 0. The first-order valence-corrected chi connectivity index (χ1v) is 6.83. The quantitative estimate of drug-likeness (QED) is 0.902. The van der Waals surface area contributed by atoms with Crippen LogP contribution in [0.4, 0.5) is 11.4 Å². The van der Waals surface area contributed by atoms with E-state index in [1.165, 1.54) is 0 Å². The highest BCUT2D eigenvalue weighted by molar-refractivity contribution is 7.10. The van der Waals surface area contributed by atoms with Crippen LogP contribution in [0.2, 0.25) is 0 Å². The van der Waals surface area contributed by atoms with Crippen molar-refractivity contribution in [1.82, 2.24) is 4.90 Å². The third kappa shape index (κ3) is 3.26. The summed E-state index contributed by atoms with van der Waals surface area (Å²) in [6, 6.07) is 9.35. The van der Waals surface area contributed by atoms with Crippen LogP contribution in [0.5, 0.6) is 0 Å². The smallest absolute Gasteiger partial charge is 0.253 e. The van der Waals surface area contributed by atoms with Gasteiger partial charge in [-0.2, -0.15) is 0 Å². The number of anilines is 2. The summed E-state index contributed by atoms with van der Waals surface area (Å²) in [5, 5.41) is 5.27. The van der Waals surface area contributed by atoms with Crippen molar-refractivity contribution in [3.63, 3.8) is 0 Å². The number of amides is 1. The minimum absolute atomic E-state index is 0.00838. The first-order valence-electron chi connectivity index (χ1n) is 5.95. The van der Waals surface area contributed by atoms with E-state index >= 15 is 0 Å². The van der Waals surface area contributed by atoms with Crippen LogP contribution in [0.15, 0.2) is 35.7 Å². The lowest BCUT2D eigenvalue weighted by atomic mass is 10.2. The van der Waals surface area contributed by atoms with E-state index in [4.69, 9.17) is 5.73 Å². The van der Waals surface area contributed by atoms with Crippen LogP contribution in [-0.2, 0) is 6.54 Å². The lowest BCUT2D eigenvalue weighted by molar-refractivity contribution is 0.0827. The summed E-state index contributed by atoms with van der Waals surface area (Å²) in [5.41, 5.74) is 8.30. The average molecular weight is 275 g/mol. The van der Waals surface area contributed by atoms with Gasteiger partial charge in [-0.05, 0) is 35.7 Å². The van der Waals surface area contributed by atoms with Gasteiger partial charge in [-0.1, -0.05) is 0 Å². The number of carbonyl (C=O) groups excluding carboxylic acids is 1. The Bertz CT molecular complexity index is 560. The van der Waals surface area contributed by atoms with Crippen molar-refractivity contribution < 1.29 is 4.79 Å². The molecule has 0 saturated carbocycles. The maximum absolute atomic E-state index is 11.7. The number of benzene rings is 1. The van der Waals surface area contributed by atoms with Gasteiger partial charge in [0.05, 0.1) is 6.54 Å². The van der Waals surface area contributed by atoms with Crippen LogP contribution in [0.1, 0.15) is 15.2 Å². The van der Waals surface area contributed by atoms with Crippen molar-refractivity contribution in [1.29, 1.82) is 0 Å². The topological polar surface area (TPSA) is 58.4 Å². The highest BCUT2D eigenvalue weighted by Crippen LogP contribution is 2.20. The van der Waals surface area contributed by atoms with Gasteiger partial charge >= 0.3 is 0 Å². The number of nitrogens with two attached hydrogens (primary N) is 1. The molecule has 1 heterocycles. The minimum Gasteiger partial charge on any atom is -0.398 e. The fraction of sp³-hybridized carbons (Fsp3) is 0.214. The zero-order chi connectivity index (χ0) is 13.8. The second-order valence-electron chi connectivity index (χ2n) is 4.43. The SMILES string of the molecule is CN(C)C(=O)c1ccc(NCc2sccc2N)cc1. The molecule has 0 atom stereocenters. The molecule has 0 saturated heterocycles. The standard InChI is InChI=1S/C14H17N3OS/c1-17(2)14(18)10-3-5-11(6-4-10)16-9-13-12(15)7-8-19-13/h3-8,16H,9,15H2,1-2H3. The van der Waals surface area contributed by atoms with E-state index < -0.39 is 0 Å². The Morgan fingerprint density at radius 1 is 1.26 bits per heavy atom. The number of hydrogen-bond acceptors (Lipinski definition) is 4. The number of nitrogens with one attached hydrogen (secondary N) is 1. The summed E-state index contributed by atoms with van der Waals surface area (Å²) in [4.78, 5) is 14.4. The normalized spacial score (nSPS) is 10.2. The lowest BCUT2D eigenvalue weighted by Crippen LogP contribution is -2.21. The molecule has 1 aromatic heterocycles. The van der Waals surface area contributed by atoms with Gasteiger partial charge in [-0.25, -0.2) is 0 Å². The molecule has 0 aliphatic rings. The summed E-state index contributed by atoms with van der Waals surface area (Å²) in [7, 11) is 3.49. The number of hydrogen-bond donors (Lipinski definition) is 2. The van der Waals surface area contributed by atoms with Gasteiger partial charge in [0.1, 0.15) is 0 Å². The van der Waals surface area contributed by atoms with Gasteiger partial charge in [-0.15, -0.1) is 11.3 Å². The van der Waals surface area contributed by atoms with Crippen molar-refractivity contribution >= 4 is 28.6 Å². The minimum atomic E-state index is 0.00838. The monoisotopic (exact) mass is 275 g/mol.